The van der Waals surface area contributed by atoms with Gasteiger partial charge in [-0.25, -0.2) is 0 Å². The Morgan fingerprint density at radius 2 is 2.21 bits per heavy atom. The molecule has 0 aromatic heterocycles. The Hall–Kier alpha value is -1.06. The minimum Gasteiger partial charge on any atom is -0.496 e. The maximum atomic E-state index is 5.52. The van der Waals surface area contributed by atoms with Gasteiger partial charge in [0.15, 0.2) is 0 Å². The van der Waals surface area contributed by atoms with Crippen LogP contribution in [0, 0.1) is 0 Å². The van der Waals surface area contributed by atoms with Crippen molar-refractivity contribution in [3.05, 3.63) is 29.8 Å². The molecule has 1 aliphatic rings. The van der Waals surface area contributed by atoms with Crippen molar-refractivity contribution < 1.29 is 4.74 Å². The third-order valence-corrected chi connectivity index (χ3v) is 4.07. The van der Waals surface area contributed by atoms with Gasteiger partial charge in [-0.2, -0.15) is 0 Å². The second-order valence-corrected chi connectivity index (χ2v) is 5.30. The number of hydrogen-bond donors (Lipinski definition) is 1. The highest BCUT2D eigenvalue weighted by molar-refractivity contribution is 5.35. The quantitative estimate of drug-likeness (QED) is 0.853. The van der Waals surface area contributed by atoms with E-state index >= 15 is 0 Å². The first-order chi connectivity index (χ1) is 9.27. The van der Waals surface area contributed by atoms with E-state index in [-0.39, 0.29) is 0 Å². The van der Waals surface area contributed by atoms with Gasteiger partial charge in [-0.05, 0) is 38.9 Å². The van der Waals surface area contributed by atoms with E-state index in [2.05, 4.69) is 42.3 Å². The molecule has 0 bridgehead atoms. The summed E-state index contributed by atoms with van der Waals surface area (Å²) in [7, 11) is 1.76. The number of rotatable bonds is 6. The molecule has 1 saturated heterocycles. The summed E-state index contributed by atoms with van der Waals surface area (Å²) < 4.78 is 5.52. The van der Waals surface area contributed by atoms with Gasteiger partial charge in [0, 0.05) is 24.2 Å². The van der Waals surface area contributed by atoms with E-state index in [9.17, 15) is 0 Å². The maximum absolute atomic E-state index is 5.52. The first-order valence-electron chi connectivity index (χ1n) is 7.37. The molecule has 3 nitrogen and oxygen atoms in total. The summed E-state index contributed by atoms with van der Waals surface area (Å²) in [4.78, 5) is 2.62. The fourth-order valence-electron chi connectivity index (χ4n) is 3.06. The SMILES string of the molecule is CCCN(C1CCNC1)C(C)c1ccccc1OC. The lowest BCUT2D eigenvalue weighted by Crippen LogP contribution is -2.39. The smallest absolute Gasteiger partial charge is 0.123 e. The molecule has 0 radical (unpaired) electrons. The highest BCUT2D eigenvalue weighted by atomic mass is 16.5. The number of hydrogen-bond acceptors (Lipinski definition) is 3. The molecule has 106 valence electrons. The van der Waals surface area contributed by atoms with E-state index in [1.165, 1.54) is 18.4 Å². The Balaban J connectivity index is 2.20. The molecule has 1 heterocycles. The van der Waals surface area contributed by atoms with Crippen LogP contribution in [-0.2, 0) is 0 Å². The van der Waals surface area contributed by atoms with Gasteiger partial charge in [-0.15, -0.1) is 0 Å². The Bertz CT molecular complexity index is 388. The van der Waals surface area contributed by atoms with Gasteiger partial charge in [-0.1, -0.05) is 25.1 Å². The Kier molecular flexibility index (Phi) is 5.23. The molecule has 1 fully saturated rings. The summed E-state index contributed by atoms with van der Waals surface area (Å²) in [5.41, 5.74) is 1.30. The molecule has 0 aliphatic carbocycles. The Morgan fingerprint density at radius 1 is 1.42 bits per heavy atom. The van der Waals surface area contributed by atoms with E-state index in [0.717, 1.165) is 25.4 Å². The van der Waals surface area contributed by atoms with Crippen LogP contribution in [0.1, 0.15) is 38.3 Å². The van der Waals surface area contributed by atoms with Gasteiger partial charge in [0.05, 0.1) is 7.11 Å². The van der Waals surface area contributed by atoms with Gasteiger partial charge in [0.2, 0.25) is 0 Å². The zero-order chi connectivity index (χ0) is 13.7. The first kappa shape index (κ1) is 14.4. The van der Waals surface area contributed by atoms with E-state index in [1.807, 2.05) is 6.07 Å². The lowest BCUT2D eigenvalue weighted by Gasteiger charge is -2.34. The molecule has 19 heavy (non-hydrogen) atoms. The monoisotopic (exact) mass is 262 g/mol. The lowest BCUT2D eigenvalue weighted by molar-refractivity contribution is 0.151. The van der Waals surface area contributed by atoms with Crippen LogP contribution in [0.25, 0.3) is 0 Å². The van der Waals surface area contributed by atoms with Crippen LogP contribution in [0.15, 0.2) is 24.3 Å². The molecule has 2 unspecified atom stereocenters. The van der Waals surface area contributed by atoms with E-state index in [1.54, 1.807) is 7.11 Å². The Morgan fingerprint density at radius 3 is 2.84 bits per heavy atom. The zero-order valence-corrected chi connectivity index (χ0v) is 12.4. The molecule has 0 saturated carbocycles. The molecule has 3 heteroatoms. The maximum Gasteiger partial charge on any atom is 0.123 e. The molecule has 1 aromatic rings. The van der Waals surface area contributed by atoms with Crippen LogP contribution in [0.3, 0.4) is 0 Å². The zero-order valence-electron chi connectivity index (χ0n) is 12.4. The molecule has 0 spiro atoms. The second-order valence-electron chi connectivity index (χ2n) is 5.30. The number of para-hydroxylation sites is 1. The summed E-state index contributed by atoms with van der Waals surface area (Å²) >= 11 is 0. The van der Waals surface area contributed by atoms with Crippen molar-refractivity contribution >= 4 is 0 Å². The van der Waals surface area contributed by atoms with Gasteiger partial charge in [-0.3, -0.25) is 4.90 Å². The van der Waals surface area contributed by atoms with Crippen molar-refractivity contribution in [1.82, 2.24) is 10.2 Å². The van der Waals surface area contributed by atoms with Gasteiger partial charge in [0.25, 0.3) is 0 Å². The van der Waals surface area contributed by atoms with Crippen molar-refractivity contribution in [3.8, 4) is 5.75 Å². The summed E-state index contributed by atoms with van der Waals surface area (Å²) in [5.74, 6) is 1.00. The fourth-order valence-corrected chi connectivity index (χ4v) is 3.06. The summed E-state index contributed by atoms with van der Waals surface area (Å²) in [6, 6.07) is 9.44. The molecule has 0 amide bonds. The standard InChI is InChI=1S/C16H26N2O/c1-4-11-18(14-9-10-17-12-14)13(2)15-7-5-6-8-16(15)19-3/h5-8,13-14,17H,4,9-12H2,1-3H3. The van der Waals surface area contributed by atoms with Crippen molar-refractivity contribution in [1.29, 1.82) is 0 Å². The normalized spacial score (nSPS) is 20.7. The van der Waals surface area contributed by atoms with Gasteiger partial charge in [0.1, 0.15) is 5.75 Å². The highest BCUT2D eigenvalue weighted by Gasteiger charge is 2.27. The molecule has 2 rings (SSSR count). The highest BCUT2D eigenvalue weighted by Crippen LogP contribution is 2.31. The van der Waals surface area contributed by atoms with E-state index < -0.39 is 0 Å². The van der Waals surface area contributed by atoms with Crippen LogP contribution in [0.4, 0.5) is 0 Å². The molecule has 2 atom stereocenters. The Labute approximate surface area is 116 Å². The molecule has 1 aromatic carbocycles. The number of nitrogens with zero attached hydrogens (tertiary/aromatic N) is 1. The van der Waals surface area contributed by atoms with Crippen LogP contribution in [0.5, 0.6) is 5.75 Å². The van der Waals surface area contributed by atoms with Crippen molar-refractivity contribution in [2.24, 2.45) is 0 Å². The number of methoxy groups -OCH3 is 1. The average Bonchev–Trinajstić information content (AvgIpc) is 2.98. The predicted molar refractivity (Wildman–Crippen MR) is 79.7 cm³/mol. The van der Waals surface area contributed by atoms with Crippen molar-refractivity contribution in [3.63, 3.8) is 0 Å². The minimum absolute atomic E-state index is 0.404. The van der Waals surface area contributed by atoms with Crippen molar-refractivity contribution in [2.75, 3.05) is 26.7 Å². The van der Waals surface area contributed by atoms with Crippen molar-refractivity contribution in [2.45, 2.75) is 38.8 Å². The predicted octanol–water partition coefficient (Wildman–Crippen LogP) is 2.83. The summed E-state index contributed by atoms with van der Waals surface area (Å²) in [5, 5.41) is 3.47. The number of nitrogens with one attached hydrogen (secondary N) is 1. The minimum atomic E-state index is 0.404. The van der Waals surface area contributed by atoms with Crippen LogP contribution in [0.2, 0.25) is 0 Å². The average molecular weight is 262 g/mol. The van der Waals surface area contributed by atoms with E-state index in [4.69, 9.17) is 4.74 Å². The number of benzene rings is 1. The van der Waals surface area contributed by atoms with Gasteiger partial charge < -0.3 is 10.1 Å². The van der Waals surface area contributed by atoms with Crippen LogP contribution in [-0.4, -0.2) is 37.7 Å². The second kappa shape index (κ2) is 6.92. The van der Waals surface area contributed by atoms with Crippen LogP contribution >= 0.6 is 0 Å². The summed E-state index contributed by atoms with van der Waals surface area (Å²) in [6.07, 6.45) is 2.44. The molecular weight excluding hydrogens is 236 g/mol. The lowest BCUT2D eigenvalue weighted by atomic mass is 10.0. The topological polar surface area (TPSA) is 24.5 Å². The third kappa shape index (κ3) is 3.28. The fraction of sp³-hybridized carbons (Fsp3) is 0.625. The number of ether oxygens (including phenoxy) is 1. The molecule has 1 aliphatic heterocycles. The van der Waals surface area contributed by atoms with E-state index in [0.29, 0.717) is 12.1 Å². The largest absolute Gasteiger partial charge is 0.496 e. The first-order valence-corrected chi connectivity index (χ1v) is 7.37. The molecular formula is C16H26N2O. The molecule has 1 N–H and O–H groups in total. The van der Waals surface area contributed by atoms with Gasteiger partial charge >= 0.3 is 0 Å². The third-order valence-electron chi connectivity index (χ3n) is 4.07. The van der Waals surface area contributed by atoms with Crippen LogP contribution < -0.4 is 10.1 Å². The summed E-state index contributed by atoms with van der Waals surface area (Å²) in [6.45, 7) is 7.95.